The first-order chi connectivity index (χ1) is 13.4. The van der Waals surface area contributed by atoms with Gasteiger partial charge in [0.15, 0.2) is 16.6 Å². The van der Waals surface area contributed by atoms with Crippen LogP contribution in [-0.4, -0.2) is 24.4 Å². The first-order valence-corrected chi connectivity index (χ1v) is 10.8. The lowest BCUT2D eigenvalue weighted by Gasteiger charge is -2.55. The molecule has 0 radical (unpaired) electrons. The van der Waals surface area contributed by atoms with Gasteiger partial charge in [0, 0.05) is 0 Å². The number of esters is 1. The topological polar surface area (TPSA) is 85.9 Å². The van der Waals surface area contributed by atoms with E-state index < -0.39 is 0 Å². The number of carbonyl (C=O) groups excluding carboxylic acids is 1. The Morgan fingerprint density at radius 2 is 1.89 bits per heavy atom. The smallest absolute Gasteiger partial charge is 0.317 e. The number of carbonyl (C=O) groups is 1. The van der Waals surface area contributed by atoms with Crippen LogP contribution in [0.25, 0.3) is 0 Å². The van der Waals surface area contributed by atoms with Gasteiger partial charge in [-0.25, -0.2) is 0 Å². The van der Waals surface area contributed by atoms with Crippen LogP contribution in [0.3, 0.4) is 0 Å². The van der Waals surface area contributed by atoms with Gasteiger partial charge in [-0.1, -0.05) is 0 Å². The highest BCUT2D eigenvalue weighted by molar-refractivity contribution is 9.10. The molecular weight excluding hydrogens is 442 g/mol. The number of hydrazone groups is 1. The molecule has 8 heteroatoms. The van der Waals surface area contributed by atoms with Crippen LogP contribution in [0.4, 0.5) is 0 Å². The Morgan fingerprint density at radius 3 is 2.43 bits per heavy atom. The predicted octanol–water partition coefficient (Wildman–Crippen LogP) is 3.75. The molecule has 4 bridgehead atoms. The molecule has 5 rings (SSSR count). The van der Waals surface area contributed by atoms with Gasteiger partial charge in [-0.05, 0) is 102 Å². The third-order valence-corrected chi connectivity index (χ3v) is 6.99. The quantitative estimate of drug-likeness (QED) is 0.226. The highest BCUT2D eigenvalue weighted by Crippen LogP contribution is 2.60. The van der Waals surface area contributed by atoms with E-state index in [9.17, 15) is 4.79 Å². The number of benzene rings is 1. The van der Waals surface area contributed by atoms with Gasteiger partial charge in [0.25, 0.3) is 0 Å². The highest BCUT2D eigenvalue weighted by atomic mass is 79.9. The monoisotopic (exact) mass is 465 g/mol. The zero-order valence-corrected chi connectivity index (χ0v) is 18.1. The Labute approximate surface area is 178 Å². The van der Waals surface area contributed by atoms with Crippen molar-refractivity contribution in [3.8, 4) is 11.5 Å². The Bertz CT molecular complexity index is 807. The van der Waals surface area contributed by atoms with Crippen LogP contribution >= 0.6 is 28.1 Å². The summed E-state index contributed by atoms with van der Waals surface area (Å²) >= 11 is 8.23. The van der Waals surface area contributed by atoms with E-state index in [1.165, 1.54) is 19.3 Å². The van der Waals surface area contributed by atoms with E-state index in [0.717, 1.165) is 24.8 Å². The number of hydrogen-bond acceptors (Lipinski definition) is 5. The van der Waals surface area contributed by atoms with Crippen LogP contribution in [0.1, 0.15) is 44.1 Å². The molecule has 0 atom stereocenters. The maximum absolute atomic E-state index is 13.3. The summed E-state index contributed by atoms with van der Waals surface area (Å²) in [5.41, 5.74) is 8.30. The molecule has 0 unspecified atom stereocenters. The van der Waals surface area contributed by atoms with Crippen molar-refractivity contribution < 1.29 is 14.3 Å². The second kappa shape index (κ2) is 7.63. The highest BCUT2D eigenvalue weighted by Gasteiger charge is 2.55. The number of ether oxygens (including phenoxy) is 2. The van der Waals surface area contributed by atoms with Gasteiger partial charge in [-0.15, -0.1) is 0 Å². The molecule has 0 heterocycles. The Hall–Kier alpha value is -1.67. The van der Waals surface area contributed by atoms with Gasteiger partial charge in [0.1, 0.15) is 0 Å². The van der Waals surface area contributed by atoms with Crippen LogP contribution in [-0.2, 0) is 4.79 Å². The fraction of sp³-hybridized carbons (Fsp3) is 0.550. The van der Waals surface area contributed by atoms with Gasteiger partial charge < -0.3 is 15.2 Å². The van der Waals surface area contributed by atoms with Gasteiger partial charge in [-0.2, -0.15) is 5.10 Å². The molecule has 0 saturated heterocycles. The van der Waals surface area contributed by atoms with Crippen molar-refractivity contribution in [3.63, 3.8) is 0 Å². The number of nitrogens with one attached hydrogen (secondary N) is 1. The lowest BCUT2D eigenvalue weighted by molar-refractivity contribution is -0.161. The fourth-order valence-electron chi connectivity index (χ4n) is 5.65. The largest absolute Gasteiger partial charge is 0.493 e. The van der Waals surface area contributed by atoms with Crippen molar-refractivity contribution in [2.75, 3.05) is 7.11 Å². The zero-order chi connectivity index (χ0) is 19.9. The third-order valence-electron chi connectivity index (χ3n) is 6.31. The number of nitrogens with two attached hydrogens (primary N) is 1. The Kier molecular flexibility index (Phi) is 5.35. The lowest BCUT2D eigenvalue weighted by Crippen LogP contribution is -2.51. The van der Waals surface area contributed by atoms with Gasteiger partial charge in [0.2, 0.25) is 0 Å². The summed E-state index contributed by atoms with van der Waals surface area (Å²) in [6, 6.07) is 3.58. The molecule has 3 N–H and O–H groups in total. The first kappa shape index (κ1) is 19.6. The SMILES string of the molecule is COc1cc(/C=N/NC(N)=S)cc(Br)c1OC(=O)C12CC3CC(CC(C3)C1)C2. The summed E-state index contributed by atoms with van der Waals surface area (Å²) < 4.78 is 12.1. The number of rotatable bonds is 5. The molecule has 4 aliphatic carbocycles. The summed E-state index contributed by atoms with van der Waals surface area (Å²) in [6.45, 7) is 0. The Morgan fingerprint density at radius 1 is 1.29 bits per heavy atom. The first-order valence-electron chi connectivity index (χ1n) is 9.57. The van der Waals surface area contributed by atoms with E-state index in [0.29, 0.717) is 33.7 Å². The molecule has 4 fully saturated rings. The van der Waals surface area contributed by atoms with Crippen LogP contribution < -0.4 is 20.6 Å². The molecule has 6 nitrogen and oxygen atoms in total. The molecule has 0 amide bonds. The fourth-order valence-corrected chi connectivity index (χ4v) is 6.24. The normalized spacial score (nSPS) is 30.4. The minimum absolute atomic E-state index is 0.0865. The number of thiocarbonyl (C=S) groups is 1. The van der Waals surface area contributed by atoms with Crippen molar-refractivity contribution in [3.05, 3.63) is 22.2 Å². The molecule has 4 aliphatic rings. The molecule has 150 valence electrons. The number of nitrogens with zero attached hydrogens (tertiary/aromatic N) is 1. The maximum Gasteiger partial charge on any atom is 0.317 e. The van der Waals surface area contributed by atoms with Crippen molar-refractivity contribution in [1.82, 2.24) is 5.43 Å². The summed E-state index contributed by atoms with van der Waals surface area (Å²) in [6.07, 6.45) is 8.32. The van der Waals surface area contributed by atoms with E-state index >= 15 is 0 Å². The standard InChI is InChI=1S/C20H24BrN3O3S/c1-26-16-6-14(10-23-24-19(22)28)5-15(21)17(16)27-18(25)20-7-11-2-12(8-20)4-13(3-11)9-20/h5-6,10-13H,2-4,7-9H2,1H3,(H3,22,24,28)/b23-10+. The van der Waals surface area contributed by atoms with Crippen LogP contribution in [0, 0.1) is 23.2 Å². The molecule has 28 heavy (non-hydrogen) atoms. The minimum Gasteiger partial charge on any atom is -0.493 e. The lowest BCUT2D eigenvalue weighted by atomic mass is 9.49. The van der Waals surface area contributed by atoms with E-state index in [1.807, 2.05) is 6.07 Å². The molecular formula is C20H24BrN3O3S. The summed E-state index contributed by atoms with van der Waals surface area (Å²) in [5.74, 6) is 2.84. The van der Waals surface area contributed by atoms with Gasteiger partial charge >= 0.3 is 5.97 Å². The molecule has 0 aliphatic heterocycles. The number of hydrogen-bond donors (Lipinski definition) is 2. The summed E-state index contributed by atoms with van der Waals surface area (Å²) in [4.78, 5) is 13.3. The van der Waals surface area contributed by atoms with E-state index in [2.05, 4.69) is 26.5 Å². The molecule has 1 aromatic rings. The summed E-state index contributed by atoms with van der Waals surface area (Å²) in [5, 5.41) is 4.04. The maximum atomic E-state index is 13.3. The molecule has 1 aromatic carbocycles. The zero-order valence-electron chi connectivity index (χ0n) is 15.7. The average Bonchev–Trinajstić information content (AvgIpc) is 2.62. The average molecular weight is 466 g/mol. The van der Waals surface area contributed by atoms with Crippen molar-refractivity contribution >= 4 is 45.4 Å². The van der Waals surface area contributed by atoms with E-state index in [4.69, 9.17) is 27.4 Å². The molecule has 0 aromatic heterocycles. The number of methoxy groups -OCH3 is 1. The molecule has 0 spiro atoms. The second-order valence-corrected chi connectivity index (χ2v) is 9.65. The van der Waals surface area contributed by atoms with Crippen LogP contribution in [0.15, 0.2) is 21.7 Å². The van der Waals surface area contributed by atoms with Gasteiger partial charge in [-0.3, -0.25) is 10.2 Å². The minimum atomic E-state index is -0.319. The summed E-state index contributed by atoms with van der Waals surface area (Å²) in [7, 11) is 1.55. The van der Waals surface area contributed by atoms with Crippen LogP contribution in [0.5, 0.6) is 11.5 Å². The van der Waals surface area contributed by atoms with Crippen molar-refractivity contribution in [2.45, 2.75) is 38.5 Å². The van der Waals surface area contributed by atoms with Gasteiger partial charge in [0.05, 0.1) is 23.2 Å². The second-order valence-electron chi connectivity index (χ2n) is 8.36. The Balaban J connectivity index is 1.55. The van der Waals surface area contributed by atoms with E-state index in [-0.39, 0.29) is 16.5 Å². The van der Waals surface area contributed by atoms with Crippen molar-refractivity contribution in [1.29, 1.82) is 0 Å². The van der Waals surface area contributed by atoms with Crippen molar-refractivity contribution in [2.24, 2.45) is 34.0 Å². The predicted molar refractivity (Wildman–Crippen MR) is 114 cm³/mol. The number of halogens is 1. The van der Waals surface area contributed by atoms with Crippen LogP contribution in [0.2, 0.25) is 0 Å². The third kappa shape index (κ3) is 3.76. The van der Waals surface area contributed by atoms with E-state index in [1.54, 1.807) is 19.4 Å². The molecule has 4 saturated carbocycles.